The Balaban J connectivity index is 2.17. The summed E-state index contributed by atoms with van der Waals surface area (Å²) in [5.74, 6) is 0.0453. The number of hydrogen-bond acceptors (Lipinski definition) is 6. The minimum atomic E-state index is -4.66. The van der Waals surface area contributed by atoms with Gasteiger partial charge in [0.05, 0.1) is 18.6 Å². The second-order valence-corrected chi connectivity index (χ2v) is 7.68. The summed E-state index contributed by atoms with van der Waals surface area (Å²) in [5, 5.41) is 3.29. The Morgan fingerprint density at radius 1 is 1.30 bits per heavy atom. The number of nitrogens with two attached hydrogens (primary N) is 1. The summed E-state index contributed by atoms with van der Waals surface area (Å²) in [7, 11) is 0. The number of nitrogens with zero attached hydrogens (tertiary/aromatic N) is 2. The zero-order chi connectivity index (χ0) is 19.8. The first-order chi connectivity index (χ1) is 12.7. The van der Waals surface area contributed by atoms with Crippen molar-refractivity contribution in [3.05, 3.63) is 31.3 Å². The molecule has 0 unspecified atom stereocenters. The number of hydrogen-bond donors (Lipinski definition) is 2. The fourth-order valence-electron chi connectivity index (χ4n) is 3.04. The highest BCUT2D eigenvalue weighted by Crippen LogP contribution is 2.29. The van der Waals surface area contributed by atoms with Crippen LogP contribution in [0.25, 0.3) is 10.2 Å². The maximum atomic E-state index is 12.9. The van der Waals surface area contributed by atoms with Crippen molar-refractivity contribution < 1.29 is 17.9 Å². The molecule has 3 rings (SSSR count). The van der Waals surface area contributed by atoms with E-state index in [1.54, 1.807) is 6.92 Å². The summed E-state index contributed by atoms with van der Waals surface area (Å²) in [5.41, 5.74) is 4.22. The molecule has 0 atom stereocenters. The molecule has 1 fully saturated rings. The molecule has 150 valence electrons. The molecule has 7 nitrogen and oxygen atoms in total. The predicted octanol–water partition coefficient (Wildman–Crippen LogP) is 0.790. The lowest BCUT2D eigenvalue weighted by Gasteiger charge is -2.27. The lowest BCUT2D eigenvalue weighted by atomic mass is 10.1. The van der Waals surface area contributed by atoms with E-state index >= 15 is 0 Å². The second-order valence-electron chi connectivity index (χ2n) is 6.60. The minimum Gasteiger partial charge on any atom is -0.381 e. The van der Waals surface area contributed by atoms with Gasteiger partial charge in [0.15, 0.2) is 0 Å². The molecule has 0 aliphatic carbocycles. The van der Waals surface area contributed by atoms with Gasteiger partial charge in [-0.25, -0.2) is 4.79 Å². The number of nitrogens with one attached hydrogen (secondary N) is 1. The van der Waals surface area contributed by atoms with Gasteiger partial charge in [0.2, 0.25) is 0 Å². The van der Waals surface area contributed by atoms with Gasteiger partial charge in [0.1, 0.15) is 11.4 Å². The molecule has 0 spiro atoms. The van der Waals surface area contributed by atoms with Crippen molar-refractivity contribution in [2.24, 2.45) is 11.7 Å². The fourth-order valence-corrected chi connectivity index (χ4v) is 4.31. The number of fused-ring (bicyclic) bond motifs is 1. The van der Waals surface area contributed by atoms with E-state index in [1.165, 1.54) is 15.9 Å². The van der Waals surface area contributed by atoms with E-state index in [9.17, 15) is 22.8 Å². The lowest BCUT2D eigenvalue weighted by Crippen LogP contribution is -2.45. The molecule has 3 heterocycles. The number of ether oxygens (including phenoxy) is 1. The van der Waals surface area contributed by atoms with Crippen molar-refractivity contribution in [1.82, 2.24) is 14.5 Å². The number of halogens is 3. The van der Waals surface area contributed by atoms with Crippen LogP contribution in [0, 0.1) is 12.8 Å². The first kappa shape index (κ1) is 20.1. The molecule has 3 N–H and O–H groups in total. The number of aryl methyl sites for hydroxylation is 1. The first-order valence-corrected chi connectivity index (χ1v) is 9.35. The summed E-state index contributed by atoms with van der Waals surface area (Å²) < 4.78 is 45.5. The number of thiophene rings is 1. The van der Waals surface area contributed by atoms with E-state index in [-0.39, 0.29) is 17.8 Å². The van der Waals surface area contributed by atoms with Gasteiger partial charge in [-0.2, -0.15) is 13.2 Å². The third-order valence-electron chi connectivity index (χ3n) is 4.48. The van der Waals surface area contributed by atoms with Crippen LogP contribution in [-0.4, -0.2) is 41.6 Å². The molecule has 0 saturated carbocycles. The zero-order valence-electron chi connectivity index (χ0n) is 14.8. The van der Waals surface area contributed by atoms with E-state index in [4.69, 9.17) is 10.5 Å². The number of aromatic nitrogens is 2. The predicted molar refractivity (Wildman–Crippen MR) is 96.2 cm³/mol. The van der Waals surface area contributed by atoms with E-state index in [1.807, 2.05) is 0 Å². The Morgan fingerprint density at radius 2 is 2.00 bits per heavy atom. The minimum absolute atomic E-state index is 0.0453. The monoisotopic (exact) mass is 406 g/mol. The standard InChI is InChI=1S/C16H21F3N4O3S/c1-9-11(4-21-3-2-20)27-14-12(9)13(24)23(8-16(17,18)19)15(25)22(14)5-10-6-26-7-10/h10,21H,2-8,20H2,1H3. The van der Waals surface area contributed by atoms with Crippen LogP contribution >= 0.6 is 11.3 Å². The quantitative estimate of drug-likeness (QED) is 0.664. The zero-order valence-corrected chi connectivity index (χ0v) is 15.6. The molecule has 27 heavy (non-hydrogen) atoms. The Morgan fingerprint density at radius 3 is 2.56 bits per heavy atom. The Bertz CT molecular complexity index is 943. The van der Waals surface area contributed by atoms with Gasteiger partial charge in [0.25, 0.3) is 5.56 Å². The largest absolute Gasteiger partial charge is 0.406 e. The van der Waals surface area contributed by atoms with Gasteiger partial charge in [-0.1, -0.05) is 0 Å². The maximum absolute atomic E-state index is 12.9. The molecule has 11 heteroatoms. The highest BCUT2D eigenvalue weighted by molar-refractivity contribution is 7.18. The molecular formula is C16H21F3N4O3S. The van der Waals surface area contributed by atoms with Crippen molar-refractivity contribution in [3.63, 3.8) is 0 Å². The van der Waals surface area contributed by atoms with Crippen molar-refractivity contribution in [3.8, 4) is 0 Å². The van der Waals surface area contributed by atoms with Crippen molar-refractivity contribution in [2.45, 2.75) is 32.7 Å². The maximum Gasteiger partial charge on any atom is 0.406 e. The third-order valence-corrected chi connectivity index (χ3v) is 5.80. The van der Waals surface area contributed by atoms with Crippen LogP contribution in [0.1, 0.15) is 10.4 Å². The van der Waals surface area contributed by atoms with Gasteiger partial charge in [-0.3, -0.25) is 13.9 Å². The molecule has 2 aromatic rings. The highest BCUT2D eigenvalue weighted by atomic mass is 32.1. The van der Waals surface area contributed by atoms with Crippen molar-refractivity contribution >= 4 is 21.6 Å². The summed E-state index contributed by atoms with van der Waals surface area (Å²) >= 11 is 1.26. The van der Waals surface area contributed by atoms with E-state index < -0.39 is 24.0 Å². The van der Waals surface area contributed by atoms with Crippen LogP contribution in [-0.2, 0) is 24.4 Å². The van der Waals surface area contributed by atoms with Crippen LogP contribution < -0.4 is 22.3 Å². The normalized spacial score (nSPS) is 15.4. The summed E-state index contributed by atoms with van der Waals surface area (Å²) in [6, 6.07) is 0. The van der Waals surface area contributed by atoms with Crippen LogP contribution in [0.3, 0.4) is 0 Å². The van der Waals surface area contributed by atoms with Crippen LogP contribution in [0.15, 0.2) is 9.59 Å². The van der Waals surface area contributed by atoms with Crippen molar-refractivity contribution in [2.75, 3.05) is 26.3 Å². The Labute approximate surface area is 156 Å². The second kappa shape index (κ2) is 7.74. The topological polar surface area (TPSA) is 91.3 Å². The smallest absolute Gasteiger partial charge is 0.381 e. The molecule has 0 amide bonds. The van der Waals surface area contributed by atoms with E-state index in [2.05, 4.69) is 5.32 Å². The Kier molecular flexibility index (Phi) is 5.75. The molecule has 1 saturated heterocycles. The average molecular weight is 406 g/mol. The summed E-state index contributed by atoms with van der Waals surface area (Å²) in [4.78, 5) is 26.6. The molecule has 0 bridgehead atoms. The SMILES string of the molecule is Cc1c(CNCCN)sc2c1c(=O)n(CC(F)(F)F)c(=O)n2CC1COC1. The summed E-state index contributed by atoms with van der Waals surface area (Å²) in [6.45, 7) is 2.65. The molecule has 1 aliphatic heterocycles. The average Bonchev–Trinajstić information content (AvgIpc) is 2.86. The summed E-state index contributed by atoms with van der Waals surface area (Å²) in [6.07, 6.45) is -4.66. The van der Waals surface area contributed by atoms with Gasteiger partial charge >= 0.3 is 11.9 Å². The van der Waals surface area contributed by atoms with E-state index in [0.29, 0.717) is 47.8 Å². The lowest BCUT2D eigenvalue weighted by molar-refractivity contribution is -0.142. The van der Waals surface area contributed by atoms with E-state index in [0.717, 1.165) is 4.88 Å². The fraction of sp³-hybridized carbons (Fsp3) is 0.625. The van der Waals surface area contributed by atoms with Crippen LogP contribution in [0.4, 0.5) is 13.2 Å². The molecule has 0 aromatic carbocycles. The van der Waals surface area contributed by atoms with Gasteiger partial charge in [0, 0.05) is 37.0 Å². The van der Waals surface area contributed by atoms with Crippen molar-refractivity contribution in [1.29, 1.82) is 0 Å². The van der Waals surface area contributed by atoms with Crippen LogP contribution in [0.5, 0.6) is 0 Å². The molecule has 2 aromatic heterocycles. The molecular weight excluding hydrogens is 385 g/mol. The van der Waals surface area contributed by atoms with Gasteiger partial charge in [-0.15, -0.1) is 11.3 Å². The van der Waals surface area contributed by atoms with Gasteiger partial charge in [-0.05, 0) is 12.5 Å². The number of rotatable bonds is 7. The third kappa shape index (κ3) is 4.10. The number of alkyl halides is 3. The molecule has 0 radical (unpaired) electrons. The Hall–Kier alpha value is -1.69. The molecule has 1 aliphatic rings. The van der Waals surface area contributed by atoms with Crippen LogP contribution in [0.2, 0.25) is 0 Å². The highest BCUT2D eigenvalue weighted by Gasteiger charge is 2.32. The first-order valence-electron chi connectivity index (χ1n) is 8.53. The van der Waals surface area contributed by atoms with Gasteiger partial charge < -0.3 is 15.8 Å².